The Kier molecular flexibility index (Phi) is 9.50. The molecule has 136 valence electrons. The normalized spacial score (nSPS) is 22.7. The topological polar surface area (TPSA) is 27.7 Å². The molecule has 1 N–H and O–H groups in total. The van der Waals surface area contributed by atoms with Gasteiger partial charge in [-0.25, -0.2) is 0 Å². The standard InChI is InChI=1S/C19H39N3O/c1-3-4-5-15-23-16-14-21-10-6-18(7-11-21)17-22-12-8-19(20-2)9-13-22/h18-20H,3-17H2,1-2H3. The number of hydrogen-bond donors (Lipinski definition) is 1. The van der Waals surface area contributed by atoms with Crippen LogP contribution in [-0.2, 0) is 4.74 Å². The van der Waals surface area contributed by atoms with Crippen LogP contribution in [0.1, 0.15) is 51.9 Å². The summed E-state index contributed by atoms with van der Waals surface area (Å²) in [6.45, 7) is 11.7. The molecule has 0 unspecified atom stereocenters. The smallest absolute Gasteiger partial charge is 0.0593 e. The Morgan fingerprint density at radius 3 is 2.26 bits per heavy atom. The third-order valence-electron chi connectivity index (χ3n) is 5.66. The highest BCUT2D eigenvalue weighted by Crippen LogP contribution is 2.20. The Labute approximate surface area is 143 Å². The first-order chi connectivity index (χ1) is 11.3. The summed E-state index contributed by atoms with van der Waals surface area (Å²) in [6.07, 6.45) is 9.21. The molecular weight excluding hydrogens is 286 g/mol. The maximum atomic E-state index is 5.75. The zero-order chi connectivity index (χ0) is 16.3. The van der Waals surface area contributed by atoms with E-state index >= 15 is 0 Å². The third kappa shape index (κ3) is 7.51. The molecule has 0 radical (unpaired) electrons. The Hall–Kier alpha value is -0.160. The predicted octanol–water partition coefficient (Wildman–Crippen LogP) is 2.59. The average Bonchev–Trinajstić information content (AvgIpc) is 2.60. The van der Waals surface area contributed by atoms with E-state index in [1.807, 2.05) is 0 Å². The van der Waals surface area contributed by atoms with Gasteiger partial charge in [-0.3, -0.25) is 0 Å². The van der Waals surface area contributed by atoms with Gasteiger partial charge in [0.15, 0.2) is 0 Å². The number of ether oxygens (including phenoxy) is 1. The van der Waals surface area contributed by atoms with Crippen molar-refractivity contribution in [1.82, 2.24) is 15.1 Å². The van der Waals surface area contributed by atoms with Gasteiger partial charge < -0.3 is 19.9 Å². The lowest BCUT2D eigenvalue weighted by atomic mass is 9.95. The molecule has 0 spiro atoms. The zero-order valence-corrected chi connectivity index (χ0v) is 15.6. The average molecular weight is 326 g/mol. The van der Waals surface area contributed by atoms with E-state index in [9.17, 15) is 0 Å². The first kappa shape index (κ1) is 19.2. The largest absolute Gasteiger partial charge is 0.380 e. The van der Waals surface area contributed by atoms with Gasteiger partial charge in [0.1, 0.15) is 0 Å². The molecule has 0 aromatic rings. The highest BCUT2D eigenvalue weighted by atomic mass is 16.5. The van der Waals surface area contributed by atoms with Crippen molar-refractivity contribution in [3.05, 3.63) is 0 Å². The SMILES string of the molecule is CCCCCOCCN1CCC(CN2CCC(NC)CC2)CC1. The molecule has 0 bridgehead atoms. The van der Waals surface area contributed by atoms with E-state index in [-0.39, 0.29) is 0 Å². The molecule has 2 aliphatic rings. The summed E-state index contributed by atoms with van der Waals surface area (Å²) in [5.41, 5.74) is 0. The fraction of sp³-hybridized carbons (Fsp3) is 1.00. The Morgan fingerprint density at radius 2 is 1.61 bits per heavy atom. The van der Waals surface area contributed by atoms with Gasteiger partial charge in [-0.05, 0) is 71.2 Å². The van der Waals surface area contributed by atoms with Crippen LogP contribution in [0.2, 0.25) is 0 Å². The highest BCUT2D eigenvalue weighted by Gasteiger charge is 2.23. The van der Waals surface area contributed by atoms with Gasteiger partial charge in [0.05, 0.1) is 6.61 Å². The van der Waals surface area contributed by atoms with E-state index in [1.165, 1.54) is 77.7 Å². The van der Waals surface area contributed by atoms with Gasteiger partial charge in [-0.15, -0.1) is 0 Å². The van der Waals surface area contributed by atoms with E-state index in [0.29, 0.717) is 0 Å². The minimum atomic E-state index is 0.755. The summed E-state index contributed by atoms with van der Waals surface area (Å²) < 4.78 is 5.75. The molecule has 0 amide bonds. The first-order valence-corrected chi connectivity index (χ1v) is 10.0. The van der Waals surface area contributed by atoms with E-state index in [4.69, 9.17) is 4.74 Å². The summed E-state index contributed by atoms with van der Waals surface area (Å²) >= 11 is 0. The molecule has 4 heteroatoms. The summed E-state index contributed by atoms with van der Waals surface area (Å²) in [5.74, 6) is 0.919. The number of likely N-dealkylation sites (tertiary alicyclic amines) is 2. The van der Waals surface area contributed by atoms with Crippen LogP contribution < -0.4 is 5.32 Å². The summed E-state index contributed by atoms with van der Waals surface area (Å²) in [5, 5.41) is 3.42. The predicted molar refractivity (Wildman–Crippen MR) is 98.0 cm³/mol. The maximum Gasteiger partial charge on any atom is 0.0593 e. The van der Waals surface area contributed by atoms with Crippen molar-refractivity contribution in [2.45, 2.75) is 57.9 Å². The van der Waals surface area contributed by atoms with Crippen LogP contribution in [0, 0.1) is 5.92 Å². The summed E-state index contributed by atoms with van der Waals surface area (Å²) in [6, 6.07) is 0.755. The van der Waals surface area contributed by atoms with Crippen LogP contribution in [0.3, 0.4) is 0 Å². The van der Waals surface area contributed by atoms with E-state index < -0.39 is 0 Å². The monoisotopic (exact) mass is 325 g/mol. The number of nitrogens with one attached hydrogen (secondary N) is 1. The molecule has 2 fully saturated rings. The lowest BCUT2D eigenvalue weighted by molar-refractivity contribution is 0.0775. The van der Waals surface area contributed by atoms with Crippen molar-refractivity contribution in [2.75, 3.05) is 59.5 Å². The highest BCUT2D eigenvalue weighted by molar-refractivity contribution is 4.80. The van der Waals surface area contributed by atoms with Crippen LogP contribution in [-0.4, -0.2) is 75.4 Å². The van der Waals surface area contributed by atoms with Crippen molar-refractivity contribution < 1.29 is 4.74 Å². The van der Waals surface area contributed by atoms with Gasteiger partial charge in [-0.2, -0.15) is 0 Å². The lowest BCUT2D eigenvalue weighted by Gasteiger charge is -2.37. The maximum absolute atomic E-state index is 5.75. The second-order valence-electron chi connectivity index (χ2n) is 7.47. The summed E-state index contributed by atoms with van der Waals surface area (Å²) in [7, 11) is 2.10. The van der Waals surface area contributed by atoms with Crippen LogP contribution in [0.4, 0.5) is 0 Å². The lowest BCUT2D eigenvalue weighted by Crippen LogP contribution is -2.45. The van der Waals surface area contributed by atoms with E-state index in [2.05, 4.69) is 29.1 Å². The fourth-order valence-corrected chi connectivity index (χ4v) is 3.91. The van der Waals surface area contributed by atoms with Crippen LogP contribution in [0.15, 0.2) is 0 Å². The van der Waals surface area contributed by atoms with Crippen molar-refractivity contribution in [3.8, 4) is 0 Å². The Balaban J connectivity index is 1.49. The molecule has 2 aliphatic heterocycles. The van der Waals surface area contributed by atoms with Gasteiger partial charge in [-0.1, -0.05) is 19.8 Å². The Bertz CT molecular complexity index is 284. The Morgan fingerprint density at radius 1 is 0.913 bits per heavy atom. The number of nitrogens with zero attached hydrogens (tertiary/aromatic N) is 2. The molecule has 0 saturated carbocycles. The second kappa shape index (κ2) is 11.4. The van der Waals surface area contributed by atoms with Gasteiger partial charge in [0.25, 0.3) is 0 Å². The van der Waals surface area contributed by atoms with Crippen LogP contribution in [0.5, 0.6) is 0 Å². The zero-order valence-electron chi connectivity index (χ0n) is 15.6. The quantitative estimate of drug-likeness (QED) is 0.625. The molecule has 0 aliphatic carbocycles. The van der Waals surface area contributed by atoms with Crippen molar-refractivity contribution in [1.29, 1.82) is 0 Å². The van der Waals surface area contributed by atoms with E-state index in [0.717, 1.165) is 31.7 Å². The van der Waals surface area contributed by atoms with Crippen LogP contribution >= 0.6 is 0 Å². The minimum Gasteiger partial charge on any atom is -0.380 e. The molecule has 0 aromatic heterocycles. The molecule has 2 rings (SSSR count). The number of hydrogen-bond acceptors (Lipinski definition) is 4. The third-order valence-corrected chi connectivity index (χ3v) is 5.66. The van der Waals surface area contributed by atoms with Gasteiger partial charge >= 0.3 is 0 Å². The van der Waals surface area contributed by atoms with Crippen LogP contribution in [0.25, 0.3) is 0 Å². The van der Waals surface area contributed by atoms with Crippen molar-refractivity contribution in [2.24, 2.45) is 5.92 Å². The minimum absolute atomic E-state index is 0.755. The molecule has 0 aromatic carbocycles. The van der Waals surface area contributed by atoms with Crippen molar-refractivity contribution in [3.63, 3.8) is 0 Å². The molecule has 4 nitrogen and oxygen atoms in total. The molecule has 2 heterocycles. The second-order valence-corrected chi connectivity index (χ2v) is 7.47. The molecule has 0 atom stereocenters. The molecule has 23 heavy (non-hydrogen) atoms. The number of piperidine rings is 2. The summed E-state index contributed by atoms with van der Waals surface area (Å²) in [4.78, 5) is 5.30. The number of unbranched alkanes of at least 4 members (excludes halogenated alkanes) is 2. The fourth-order valence-electron chi connectivity index (χ4n) is 3.91. The van der Waals surface area contributed by atoms with Gasteiger partial charge in [0.2, 0.25) is 0 Å². The number of rotatable bonds is 10. The first-order valence-electron chi connectivity index (χ1n) is 10.0. The molecular formula is C19H39N3O. The van der Waals surface area contributed by atoms with E-state index in [1.54, 1.807) is 0 Å². The van der Waals surface area contributed by atoms with Crippen molar-refractivity contribution >= 4 is 0 Å². The molecule has 2 saturated heterocycles. The van der Waals surface area contributed by atoms with Gasteiger partial charge in [0, 0.05) is 25.7 Å².